The summed E-state index contributed by atoms with van der Waals surface area (Å²) in [6.07, 6.45) is 0. The molecule has 3 amide bonds. The first-order chi connectivity index (χ1) is 18.4. The van der Waals surface area contributed by atoms with Crippen LogP contribution in [0.25, 0.3) is 0 Å². The maximum atomic E-state index is 13.8. The van der Waals surface area contributed by atoms with Gasteiger partial charge in [-0.3, -0.25) is 9.69 Å². The van der Waals surface area contributed by atoms with Gasteiger partial charge in [-0.25, -0.2) is 4.79 Å². The molecule has 4 rings (SSSR count). The zero-order valence-corrected chi connectivity index (χ0v) is 23.4. The number of rotatable bonds is 10. The van der Waals surface area contributed by atoms with E-state index in [1.54, 1.807) is 16.2 Å². The van der Waals surface area contributed by atoms with Crippen LogP contribution in [0.2, 0.25) is 0 Å². The van der Waals surface area contributed by atoms with Gasteiger partial charge in [-0.15, -0.1) is 11.3 Å². The highest BCUT2D eigenvalue weighted by atomic mass is 32.1. The highest BCUT2D eigenvalue weighted by Gasteiger charge is 2.24. The Balaban J connectivity index is 1.52. The van der Waals surface area contributed by atoms with E-state index in [9.17, 15) is 9.59 Å². The lowest BCUT2D eigenvalue weighted by molar-refractivity contribution is -0.133. The normalized spacial score (nSPS) is 13.8. The summed E-state index contributed by atoms with van der Waals surface area (Å²) in [6, 6.07) is 19.9. The summed E-state index contributed by atoms with van der Waals surface area (Å²) in [5.41, 5.74) is 3.86. The molecule has 0 bridgehead atoms. The zero-order chi connectivity index (χ0) is 26.9. The Kier molecular flexibility index (Phi) is 9.92. The van der Waals surface area contributed by atoms with E-state index in [1.807, 2.05) is 67.3 Å². The predicted molar refractivity (Wildman–Crippen MR) is 154 cm³/mol. The number of nitrogens with one attached hydrogen (secondary N) is 1. The van der Waals surface area contributed by atoms with Crippen molar-refractivity contribution in [1.82, 2.24) is 14.7 Å². The monoisotopic (exact) mass is 534 g/mol. The third-order valence-corrected chi connectivity index (χ3v) is 7.81. The van der Waals surface area contributed by atoms with E-state index in [0.717, 1.165) is 40.3 Å². The van der Waals surface area contributed by atoms with E-state index in [1.165, 1.54) is 4.88 Å². The van der Waals surface area contributed by atoms with Gasteiger partial charge in [-0.2, -0.15) is 0 Å². The van der Waals surface area contributed by atoms with Crippen LogP contribution in [0.3, 0.4) is 0 Å². The zero-order valence-electron chi connectivity index (χ0n) is 22.6. The molecule has 0 unspecified atom stereocenters. The molecule has 0 radical (unpaired) electrons. The first kappa shape index (κ1) is 27.8. The molecule has 38 heavy (non-hydrogen) atoms. The average Bonchev–Trinajstić information content (AvgIpc) is 3.33. The smallest absolute Gasteiger partial charge is 0.322 e. The van der Waals surface area contributed by atoms with Gasteiger partial charge in [0, 0.05) is 48.2 Å². The Morgan fingerprint density at radius 1 is 0.895 bits per heavy atom. The van der Waals surface area contributed by atoms with Crippen LogP contribution in [-0.4, -0.2) is 72.6 Å². The number of thiophene rings is 1. The number of carbonyl (C=O) groups excluding carboxylic acids is 2. The molecular formula is C30H38N4O3S. The van der Waals surface area contributed by atoms with E-state index in [0.29, 0.717) is 39.4 Å². The molecule has 0 aliphatic carbocycles. The van der Waals surface area contributed by atoms with Crippen molar-refractivity contribution in [2.24, 2.45) is 0 Å². The second-order valence-electron chi connectivity index (χ2n) is 9.82. The van der Waals surface area contributed by atoms with Crippen molar-refractivity contribution < 1.29 is 14.3 Å². The van der Waals surface area contributed by atoms with E-state index in [2.05, 4.69) is 29.3 Å². The number of aryl methyl sites for hydroxylation is 3. The van der Waals surface area contributed by atoms with Crippen molar-refractivity contribution in [3.8, 4) is 0 Å². The third kappa shape index (κ3) is 7.90. The Bertz CT molecular complexity index is 1190. The summed E-state index contributed by atoms with van der Waals surface area (Å²) >= 11 is 1.70. The lowest BCUT2D eigenvalue weighted by Crippen LogP contribution is -2.48. The summed E-state index contributed by atoms with van der Waals surface area (Å²) in [5, 5.41) is 3.09. The van der Waals surface area contributed by atoms with Crippen LogP contribution in [0.4, 0.5) is 10.5 Å². The second kappa shape index (κ2) is 13.6. The highest BCUT2D eigenvalue weighted by molar-refractivity contribution is 7.11. The van der Waals surface area contributed by atoms with Crippen LogP contribution >= 0.6 is 11.3 Å². The van der Waals surface area contributed by atoms with Crippen LogP contribution in [0.5, 0.6) is 0 Å². The summed E-state index contributed by atoms with van der Waals surface area (Å²) in [7, 11) is 0. The summed E-state index contributed by atoms with van der Waals surface area (Å²) < 4.78 is 5.48. The maximum absolute atomic E-state index is 13.8. The number of carbonyl (C=O) groups is 2. The number of para-hydroxylation sites is 1. The van der Waals surface area contributed by atoms with Crippen molar-refractivity contribution >= 4 is 29.0 Å². The molecule has 0 saturated carbocycles. The standard InChI is InChI=1S/C30H38N4O3S/c1-23-8-7-9-24(2)29(23)31-30(36)33(15-14-32-16-18-37-19-17-32)22-28(35)34(20-26-10-5-4-6-11-26)21-27-13-12-25(3)38-27/h4-13H,14-22H2,1-3H3,(H,31,36). The van der Waals surface area contributed by atoms with Crippen LogP contribution in [-0.2, 0) is 22.6 Å². The molecular weight excluding hydrogens is 496 g/mol. The molecule has 0 spiro atoms. The Morgan fingerprint density at radius 3 is 2.26 bits per heavy atom. The van der Waals surface area contributed by atoms with Gasteiger partial charge >= 0.3 is 6.03 Å². The number of benzene rings is 2. The van der Waals surface area contributed by atoms with Crippen molar-refractivity contribution in [2.45, 2.75) is 33.9 Å². The molecule has 8 heteroatoms. The number of morpholine rings is 1. The fourth-order valence-corrected chi connectivity index (χ4v) is 5.50. The van der Waals surface area contributed by atoms with Gasteiger partial charge in [0.1, 0.15) is 6.54 Å². The fraction of sp³-hybridized carbons (Fsp3) is 0.400. The van der Waals surface area contributed by atoms with Gasteiger partial charge < -0.3 is 19.9 Å². The lowest BCUT2D eigenvalue weighted by Gasteiger charge is -2.31. The molecule has 3 aromatic rings. The van der Waals surface area contributed by atoms with Crippen LogP contribution in [0, 0.1) is 20.8 Å². The van der Waals surface area contributed by atoms with E-state index >= 15 is 0 Å². The number of nitrogens with zero attached hydrogens (tertiary/aromatic N) is 3. The van der Waals surface area contributed by atoms with E-state index in [-0.39, 0.29) is 18.5 Å². The minimum Gasteiger partial charge on any atom is -0.379 e. The summed E-state index contributed by atoms with van der Waals surface area (Å²) in [5.74, 6) is -0.0708. The highest BCUT2D eigenvalue weighted by Crippen LogP contribution is 2.21. The molecule has 1 N–H and O–H groups in total. The number of ether oxygens (including phenoxy) is 1. The number of hydrogen-bond donors (Lipinski definition) is 1. The summed E-state index contributed by atoms with van der Waals surface area (Å²) in [6.45, 7) is 11.3. The molecule has 1 aromatic heterocycles. The second-order valence-corrected chi connectivity index (χ2v) is 11.2. The number of urea groups is 1. The molecule has 1 fully saturated rings. The Hall–Kier alpha value is -3.20. The predicted octanol–water partition coefficient (Wildman–Crippen LogP) is 5.07. The van der Waals surface area contributed by atoms with E-state index in [4.69, 9.17) is 4.74 Å². The van der Waals surface area contributed by atoms with Gasteiger partial charge in [0.2, 0.25) is 5.91 Å². The van der Waals surface area contributed by atoms with Crippen molar-refractivity contribution in [3.63, 3.8) is 0 Å². The quantitative estimate of drug-likeness (QED) is 0.395. The molecule has 1 aliphatic rings. The van der Waals surface area contributed by atoms with Crippen molar-refractivity contribution in [1.29, 1.82) is 0 Å². The molecule has 2 aromatic carbocycles. The third-order valence-electron chi connectivity index (χ3n) is 6.83. The van der Waals surface area contributed by atoms with Gasteiger partial charge in [0.25, 0.3) is 0 Å². The molecule has 2 heterocycles. The van der Waals surface area contributed by atoms with Crippen LogP contribution in [0.1, 0.15) is 26.4 Å². The number of amides is 3. The molecule has 1 saturated heterocycles. The Labute approximate surface area is 230 Å². The van der Waals surface area contributed by atoms with Gasteiger partial charge in [-0.1, -0.05) is 48.5 Å². The largest absolute Gasteiger partial charge is 0.379 e. The number of anilines is 1. The molecule has 7 nitrogen and oxygen atoms in total. The Morgan fingerprint density at radius 2 is 1.61 bits per heavy atom. The minimum absolute atomic E-state index is 0.0122. The molecule has 1 aliphatic heterocycles. The van der Waals surface area contributed by atoms with E-state index < -0.39 is 0 Å². The molecule has 0 atom stereocenters. The molecule has 202 valence electrons. The van der Waals surface area contributed by atoms with Crippen molar-refractivity contribution in [2.75, 3.05) is 51.3 Å². The van der Waals surface area contributed by atoms with Crippen LogP contribution in [0.15, 0.2) is 60.7 Å². The van der Waals surface area contributed by atoms with Crippen LogP contribution < -0.4 is 5.32 Å². The first-order valence-corrected chi connectivity index (χ1v) is 14.0. The van der Waals surface area contributed by atoms with Gasteiger partial charge in [0.05, 0.1) is 19.8 Å². The SMILES string of the molecule is Cc1ccc(CN(Cc2ccccc2)C(=O)CN(CCN2CCOCC2)C(=O)Nc2c(C)cccc2C)s1. The van der Waals surface area contributed by atoms with Gasteiger partial charge in [0.15, 0.2) is 0 Å². The fourth-order valence-electron chi connectivity index (χ4n) is 4.59. The minimum atomic E-state index is -0.254. The first-order valence-electron chi connectivity index (χ1n) is 13.2. The topological polar surface area (TPSA) is 65.1 Å². The maximum Gasteiger partial charge on any atom is 0.322 e. The van der Waals surface area contributed by atoms with Gasteiger partial charge in [-0.05, 0) is 49.6 Å². The lowest BCUT2D eigenvalue weighted by atomic mass is 10.1. The van der Waals surface area contributed by atoms with Crippen molar-refractivity contribution in [3.05, 3.63) is 87.1 Å². The number of hydrogen-bond acceptors (Lipinski definition) is 5. The average molecular weight is 535 g/mol. The summed E-state index contributed by atoms with van der Waals surface area (Å²) in [4.78, 5) is 35.5.